The van der Waals surface area contributed by atoms with Crippen LogP contribution < -0.4 is 5.32 Å². The van der Waals surface area contributed by atoms with Crippen LogP contribution in [0.15, 0.2) is 0 Å². The number of aryl methyl sites for hydroxylation is 1. The number of likely N-dealkylation sites (tertiary alicyclic amines) is 1. The van der Waals surface area contributed by atoms with Crippen LogP contribution in [0, 0.1) is 6.92 Å². The molecule has 2 N–H and O–H groups in total. The number of piperidine rings is 1. The van der Waals surface area contributed by atoms with Crippen LogP contribution in [0.1, 0.15) is 37.6 Å². The van der Waals surface area contributed by atoms with Gasteiger partial charge in [0, 0.05) is 19.1 Å². The summed E-state index contributed by atoms with van der Waals surface area (Å²) in [4.78, 5) is 2.54. The standard InChI is InChI=1S/C13H23ClN4/c1-3-6-18-7-4-5-11(9-18)15-8-12-13(14)10(2)16-17-12/h11,15H,3-9H2,1-2H3,(H,16,17). The van der Waals surface area contributed by atoms with Crippen molar-refractivity contribution in [3.63, 3.8) is 0 Å². The molecule has 1 fully saturated rings. The lowest BCUT2D eigenvalue weighted by Gasteiger charge is -2.32. The van der Waals surface area contributed by atoms with Gasteiger partial charge < -0.3 is 10.2 Å². The van der Waals surface area contributed by atoms with Gasteiger partial charge >= 0.3 is 0 Å². The molecule has 2 heterocycles. The van der Waals surface area contributed by atoms with Gasteiger partial charge in [0.05, 0.1) is 16.4 Å². The van der Waals surface area contributed by atoms with Crippen LogP contribution in [0.5, 0.6) is 0 Å². The van der Waals surface area contributed by atoms with E-state index in [0.717, 1.165) is 29.5 Å². The number of nitrogens with zero attached hydrogens (tertiary/aromatic N) is 2. The van der Waals surface area contributed by atoms with Crippen molar-refractivity contribution in [3.05, 3.63) is 16.4 Å². The summed E-state index contributed by atoms with van der Waals surface area (Å²) < 4.78 is 0. The Kier molecular flexibility index (Phi) is 5.03. The Morgan fingerprint density at radius 1 is 1.56 bits per heavy atom. The molecular weight excluding hydrogens is 248 g/mol. The van der Waals surface area contributed by atoms with E-state index < -0.39 is 0 Å². The average molecular weight is 271 g/mol. The van der Waals surface area contributed by atoms with E-state index in [1.54, 1.807) is 0 Å². The molecule has 0 amide bonds. The van der Waals surface area contributed by atoms with Gasteiger partial charge in [-0.3, -0.25) is 5.10 Å². The minimum atomic E-state index is 0.568. The minimum absolute atomic E-state index is 0.568. The van der Waals surface area contributed by atoms with Crippen molar-refractivity contribution < 1.29 is 0 Å². The predicted octanol–water partition coefficient (Wildman–Crippen LogP) is 2.34. The van der Waals surface area contributed by atoms with Crippen LogP contribution in [0.2, 0.25) is 5.02 Å². The van der Waals surface area contributed by atoms with E-state index in [-0.39, 0.29) is 0 Å². The van der Waals surface area contributed by atoms with Crippen molar-refractivity contribution in [1.82, 2.24) is 20.4 Å². The molecule has 0 bridgehead atoms. The van der Waals surface area contributed by atoms with E-state index in [1.165, 1.54) is 32.4 Å². The number of hydrogen-bond donors (Lipinski definition) is 2. The third kappa shape index (κ3) is 3.46. The fourth-order valence-electron chi connectivity index (χ4n) is 2.57. The number of halogens is 1. The Bertz CT molecular complexity index is 375. The Hall–Kier alpha value is -0.580. The summed E-state index contributed by atoms with van der Waals surface area (Å²) in [6.45, 7) is 8.54. The first-order valence-corrected chi connectivity index (χ1v) is 7.23. The van der Waals surface area contributed by atoms with Gasteiger partial charge in [-0.1, -0.05) is 18.5 Å². The van der Waals surface area contributed by atoms with Crippen LogP contribution in [0.4, 0.5) is 0 Å². The van der Waals surface area contributed by atoms with Crippen molar-refractivity contribution >= 4 is 11.6 Å². The first kappa shape index (κ1) is 13.8. The second-order valence-corrected chi connectivity index (χ2v) is 5.51. The molecule has 1 aromatic rings. The van der Waals surface area contributed by atoms with Gasteiger partial charge in [-0.2, -0.15) is 5.10 Å². The average Bonchev–Trinajstić information content (AvgIpc) is 2.69. The van der Waals surface area contributed by atoms with Crippen LogP contribution >= 0.6 is 11.6 Å². The van der Waals surface area contributed by atoms with Crippen LogP contribution in [-0.4, -0.2) is 40.8 Å². The van der Waals surface area contributed by atoms with E-state index >= 15 is 0 Å². The molecule has 18 heavy (non-hydrogen) atoms. The molecule has 1 atom stereocenters. The van der Waals surface area contributed by atoms with Crippen molar-refractivity contribution in [2.75, 3.05) is 19.6 Å². The highest BCUT2D eigenvalue weighted by Gasteiger charge is 2.19. The fraction of sp³-hybridized carbons (Fsp3) is 0.769. The first-order valence-electron chi connectivity index (χ1n) is 6.85. The number of hydrogen-bond acceptors (Lipinski definition) is 3. The van der Waals surface area contributed by atoms with Gasteiger partial charge in [-0.15, -0.1) is 0 Å². The van der Waals surface area contributed by atoms with Crippen LogP contribution in [-0.2, 0) is 6.54 Å². The second kappa shape index (κ2) is 6.55. The molecule has 0 spiro atoms. The number of H-pyrrole nitrogens is 1. The molecule has 0 saturated carbocycles. The summed E-state index contributed by atoms with van der Waals surface area (Å²) >= 11 is 6.16. The summed E-state index contributed by atoms with van der Waals surface area (Å²) in [5.74, 6) is 0. The highest BCUT2D eigenvalue weighted by molar-refractivity contribution is 6.31. The molecule has 1 aliphatic rings. The van der Waals surface area contributed by atoms with E-state index in [0.29, 0.717) is 6.04 Å². The Morgan fingerprint density at radius 3 is 3.06 bits per heavy atom. The molecule has 1 saturated heterocycles. The maximum Gasteiger partial charge on any atom is 0.0948 e. The topological polar surface area (TPSA) is 44.0 Å². The lowest BCUT2D eigenvalue weighted by molar-refractivity contribution is 0.190. The van der Waals surface area contributed by atoms with Gasteiger partial charge in [0.2, 0.25) is 0 Å². The number of aromatic amines is 1. The molecule has 0 radical (unpaired) electrons. The number of nitrogens with one attached hydrogen (secondary N) is 2. The van der Waals surface area contributed by atoms with Gasteiger partial charge in [-0.05, 0) is 39.3 Å². The van der Waals surface area contributed by atoms with E-state index in [2.05, 4.69) is 27.3 Å². The van der Waals surface area contributed by atoms with Crippen molar-refractivity contribution in [2.45, 2.75) is 45.7 Å². The largest absolute Gasteiger partial charge is 0.307 e. The maximum absolute atomic E-state index is 6.16. The molecule has 1 aliphatic heterocycles. The lowest BCUT2D eigenvalue weighted by Crippen LogP contribution is -2.45. The third-order valence-corrected chi connectivity index (χ3v) is 4.05. The van der Waals surface area contributed by atoms with E-state index in [4.69, 9.17) is 11.6 Å². The molecule has 0 aromatic carbocycles. The van der Waals surface area contributed by atoms with Gasteiger partial charge in [-0.25, -0.2) is 0 Å². The Morgan fingerprint density at radius 2 is 2.39 bits per heavy atom. The molecule has 1 aromatic heterocycles. The zero-order chi connectivity index (χ0) is 13.0. The highest BCUT2D eigenvalue weighted by Crippen LogP contribution is 2.17. The molecule has 1 unspecified atom stereocenters. The van der Waals surface area contributed by atoms with Gasteiger partial charge in [0.15, 0.2) is 0 Å². The van der Waals surface area contributed by atoms with Crippen molar-refractivity contribution in [1.29, 1.82) is 0 Å². The predicted molar refractivity (Wildman–Crippen MR) is 74.9 cm³/mol. The molecule has 4 nitrogen and oxygen atoms in total. The normalized spacial score (nSPS) is 21.4. The van der Waals surface area contributed by atoms with Crippen LogP contribution in [0.25, 0.3) is 0 Å². The SMILES string of the molecule is CCCN1CCCC(NCc2n[nH]c(C)c2Cl)C1. The smallest absolute Gasteiger partial charge is 0.0948 e. The monoisotopic (exact) mass is 270 g/mol. The lowest BCUT2D eigenvalue weighted by atomic mass is 10.1. The van der Waals surface area contributed by atoms with E-state index in [1.807, 2.05) is 6.92 Å². The summed E-state index contributed by atoms with van der Waals surface area (Å²) in [7, 11) is 0. The van der Waals surface area contributed by atoms with Gasteiger partial charge in [0.1, 0.15) is 0 Å². The molecule has 5 heteroatoms. The minimum Gasteiger partial charge on any atom is -0.307 e. The second-order valence-electron chi connectivity index (χ2n) is 5.13. The van der Waals surface area contributed by atoms with Crippen LogP contribution in [0.3, 0.4) is 0 Å². The zero-order valence-electron chi connectivity index (χ0n) is 11.3. The maximum atomic E-state index is 6.16. The quantitative estimate of drug-likeness (QED) is 0.863. The summed E-state index contributed by atoms with van der Waals surface area (Å²) in [6, 6.07) is 0.568. The van der Waals surface area contributed by atoms with Gasteiger partial charge in [0.25, 0.3) is 0 Å². The molecule has 0 aliphatic carbocycles. The molecular formula is C13H23ClN4. The number of aromatic nitrogens is 2. The van der Waals surface area contributed by atoms with Crippen molar-refractivity contribution in [2.24, 2.45) is 0 Å². The zero-order valence-corrected chi connectivity index (χ0v) is 12.1. The summed E-state index contributed by atoms with van der Waals surface area (Å²) in [5.41, 5.74) is 1.88. The third-order valence-electron chi connectivity index (χ3n) is 3.54. The first-order chi connectivity index (χ1) is 8.70. The molecule has 102 valence electrons. The number of rotatable bonds is 5. The Balaban J connectivity index is 1.81. The highest BCUT2D eigenvalue weighted by atomic mass is 35.5. The van der Waals surface area contributed by atoms with E-state index in [9.17, 15) is 0 Å². The fourth-order valence-corrected chi connectivity index (χ4v) is 2.72. The Labute approximate surface area is 114 Å². The summed E-state index contributed by atoms with van der Waals surface area (Å²) in [6.07, 6.45) is 3.77. The summed E-state index contributed by atoms with van der Waals surface area (Å²) in [5, 5.41) is 11.5. The van der Waals surface area contributed by atoms with Crippen molar-refractivity contribution in [3.8, 4) is 0 Å². The molecule has 2 rings (SSSR count).